The molecule has 8 nitrogen and oxygen atoms in total. The highest BCUT2D eigenvalue weighted by Gasteiger charge is 2.23. The van der Waals surface area contributed by atoms with E-state index in [4.69, 9.17) is 5.11 Å². The van der Waals surface area contributed by atoms with Gasteiger partial charge in [0.25, 0.3) is 5.69 Å². The molecular weight excluding hydrogens is 278 g/mol. The van der Waals surface area contributed by atoms with E-state index in [0.717, 1.165) is 0 Å². The molecule has 0 aliphatic heterocycles. The van der Waals surface area contributed by atoms with Crippen molar-refractivity contribution in [1.29, 1.82) is 0 Å². The van der Waals surface area contributed by atoms with Crippen LogP contribution in [0.4, 0.5) is 10.5 Å². The highest BCUT2D eigenvalue weighted by molar-refractivity contribution is 5.76. The molecular formula is C13H17N3O5. The quantitative estimate of drug-likeness (QED) is 0.544. The van der Waals surface area contributed by atoms with Gasteiger partial charge in [-0.15, -0.1) is 0 Å². The number of nitro benzene ring substituents is 1. The van der Waals surface area contributed by atoms with Crippen LogP contribution >= 0.6 is 0 Å². The molecule has 0 aliphatic rings. The third-order valence-electron chi connectivity index (χ3n) is 2.65. The van der Waals surface area contributed by atoms with Gasteiger partial charge in [-0.3, -0.25) is 14.9 Å². The highest BCUT2D eigenvalue weighted by Crippen LogP contribution is 2.12. The van der Waals surface area contributed by atoms with Crippen LogP contribution < -0.4 is 10.6 Å². The molecule has 1 aromatic rings. The summed E-state index contributed by atoms with van der Waals surface area (Å²) in [5.41, 5.74) is -0.191. The minimum atomic E-state index is -1.00. The van der Waals surface area contributed by atoms with Crippen LogP contribution in [0.1, 0.15) is 25.8 Å². The van der Waals surface area contributed by atoms with Crippen molar-refractivity contribution in [2.45, 2.75) is 32.4 Å². The fraction of sp³-hybridized carbons (Fsp3) is 0.385. The van der Waals surface area contributed by atoms with Gasteiger partial charge in [-0.25, -0.2) is 4.79 Å². The number of nitrogens with zero attached hydrogens (tertiary/aromatic N) is 1. The Morgan fingerprint density at radius 1 is 1.29 bits per heavy atom. The van der Waals surface area contributed by atoms with Crippen molar-refractivity contribution in [3.05, 3.63) is 39.9 Å². The van der Waals surface area contributed by atoms with Crippen molar-refractivity contribution in [3.63, 3.8) is 0 Å². The standard InChI is InChI=1S/C13H17N3O5/c1-13(2,7-11(17)18)15-12(19)14-8-9-3-5-10(6-4-9)16(20)21/h3-6H,7-8H2,1-2H3,(H,17,18)(H2,14,15,19). The Labute approximate surface area is 121 Å². The second kappa shape index (κ2) is 6.69. The van der Waals surface area contributed by atoms with Gasteiger partial charge in [0.2, 0.25) is 0 Å². The number of carboxylic acids is 1. The molecule has 2 amide bonds. The average Bonchev–Trinajstić information content (AvgIpc) is 2.34. The van der Waals surface area contributed by atoms with E-state index in [1.807, 2.05) is 0 Å². The Morgan fingerprint density at radius 2 is 1.86 bits per heavy atom. The number of benzene rings is 1. The second-order valence-corrected chi connectivity index (χ2v) is 5.19. The number of urea groups is 1. The predicted octanol–water partition coefficient (Wildman–Crippen LogP) is 1.65. The monoisotopic (exact) mass is 295 g/mol. The zero-order chi connectivity index (χ0) is 16.0. The number of rotatable bonds is 6. The number of hydrogen-bond donors (Lipinski definition) is 3. The van der Waals surface area contributed by atoms with Gasteiger partial charge in [0.1, 0.15) is 0 Å². The molecule has 0 heterocycles. The van der Waals surface area contributed by atoms with Gasteiger partial charge < -0.3 is 15.7 Å². The number of nitro groups is 1. The van der Waals surface area contributed by atoms with Gasteiger partial charge in [0, 0.05) is 24.2 Å². The summed E-state index contributed by atoms with van der Waals surface area (Å²) in [5.74, 6) is -1.00. The number of aliphatic carboxylic acids is 1. The number of nitrogens with one attached hydrogen (secondary N) is 2. The third kappa shape index (κ3) is 5.89. The van der Waals surface area contributed by atoms with Gasteiger partial charge in [-0.1, -0.05) is 12.1 Å². The Morgan fingerprint density at radius 3 is 2.33 bits per heavy atom. The van der Waals surface area contributed by atoms with Crippen molar-refractivity contribution < 1.29 is 19.6 Å². The van der Waals surface area contributed by atoms with E-state index < -0.39 is 22.5 Å². The largest absolute Gasteiger partial charge is 0.481 e. The van der Waals surface area contributed by atoms with Crippen molar-refractivity contribution in [3.8, 4) is 0 Å². The van der Waals surface area contributed by atoms with E-state index in [1.54, 1.807) is 26.0 Å². The zero-order valence-electron chi connectivity index (χ0n) is 11.8. The van der Waals surface area contributed by atoms with Gasteiger partial charge in [0.15, 0.2) is 0 Å². The molecule has 0 fully saturated rings. The first-order valence-corrected chi connectivity index (χ1v) is 6.21. The molecule has 0 atom stereocenters. The predicted molar refractivity (Wildman–Crippen MR) is 74.8 cm³/mol. The zero-order valence-corrected chi connectivity index (χ0v) is 11.8. The van der Waals surface area contributed by atoms with Crippen LogP contribution in [-0.4, -0.2) is 27.6 Å². The summed E-state index contributed by atoms with van der Waals surface area (Å²) in [6.07, 6.45) is -0.196. The van der Waals surface area contributed by atoms with Crippen LogP contribution in [0.25, 0.3) is 0 Å². The van der Waals surface area contributed by atoms with Crippen LogP contribution in [-0.2, 0) is 11.3 Å². The lowest BCUT2D eigenvalue weighted by molar-refractivity contribution is -0.384. The smallest absolute Gasteiger partial charge is 0.315 e. The van der Waals surface area contributed by atoms with Crippen molar-refractivity contribution in [2.75, 3.05) is 0 Å². The molecule has 114 valence electrons. The molecule has 0 aromatic heterocycles. The lowest BCUT2D eigenvalue weighted by atomic mass is 10.0. The maximum Gasteiger partial charge on any atom is 0.315 e. The van der Waals surface area contributed by atoms with Crippen LogP contribution in [0.3, 0.4) is 0 Å². The first-order chi connectivity index (χ1) is 9.69. The molecule has 0 saturated heterocycles. The van der Waals surface area contributed by atoms with Crippen LogP contribution in [0.2, 0.25) is 0 Å². The van der Waals surface area contributed by atoms with Crippen molar-refractivity contribution in [2.24, 2.45) is 0 Å². The van der Waals surface area contributed by atoms with Crippen molar-refractivity contribution >= 4 is 17.7 Å². The molecule has 8 heteroatoms. The number of carbonyl (C=O) groups excluding carboxylic acids is 1. The second-order valence-electron chi connectivity index (χ2n) is 5.19. The minimum Gasteiger partial charge on any atom is -0.481 e. The summed E-state index contributed by atoms with van der Waals surface area (Å²) in [7, 11) is 0. The molecule has 21 heavy (non-hydrogen) atoms. The third-order valence-corrected chi connectivity index (χ3v) is 2.65. The highest BCUT2D eigenvalue weighted by atomic mass is 16.6. The number of non-ortho nitro benzene ring substituents is 1. The van der Waals surface area contributed by atoms with E-state index >= 15 is 0 Å². The molecule has 0 spiro atoms. The first kappa shape index (κ1) is 16.4. The summed E-state index contributed by atoms with van der Waals surface area (Å²) in [4.78, 5) is 32.3. The van der Waals surface area contributed by atoms with Crippen LogP contribution in [0.5, 0.6) is 0 Å². The molecule has 0 bridgehead atoms. The van der Waals surface area contributed by atoms with Crippen LogP contribution in [0.15, 0.2) is 24.3 Å². The van der Waals surface area contributed by atoms with Gasteiger partial charge in [-0.2, -0.15) is 0 Å². The summed E-state index contributed by atoms with van der Waals surface area (Å²) < 4.78 is 0. The van der Waals surface area contributed by atoms with E-state index in [1.165, 1.54) is 12.1 Å². The minimum absolute atomic E-state index is 0.0224. The fourth-order valence-electron chi connectivity index (χ4n) is 1.69. The molecule has 3 N–H and O–H groups in total. The summed E-state index contributed by atoms with van der Waals surface area (Å²) in [6, 6.07) is 5.29. The number of hydrogen-bond acceptors (Lipinski definition) is 4. The van der Waals surface area contributed by atoms with E-state index in [9.17, 15) is 19.7 Å². The summed E-state index contributed by atoms with van der Waals surface area (Å²) in [6.45, 7) is 3.39. The maximum absolute atomic E-state index is 11.7. The summed E-state index contributed by atoms with van der Waals surface area (Å²) in [5, 5.41) is 24.3. The van der Waals surface area contributed by atoms with E-state index in [-0.39, 0.29) is 18.7 Å². The Hall–Kier alpha value is -2.64. The molecule has 1 rings (SSSR count). The Balaban J connectivity index is 2.49. The fourth-order valence-corrected chi connectivity index (χ4v) is 1.69. The van der Waals surface area contributed by atoms with Gasteiger partial charge in [-0.05, 0) is 19.4 Å². The van der Waals surface area contributed by atoms with Crippen LogP contribution in [0, 0.1) is 10.1 Å². The Kier molecular flexibility index (Phi) is 5.23. The number of carbonyl (C=O) groups is 2. The average molecular weight is 295 g/mol. The molecule has 0 aliphatic carbocycles. The lowest BCUT2D eigenvalue weighted by Crippen LogP contribution is -2.49. The molecule has 0 radical (unpaired) electrons. The van der Waals surface area contributed by atoms with Gasteiger partial charge in [0.05, 0.1) is 11.3 Å². The molecule has 1 aromatic carbocycles. The molecule has 0 saturated carbocycles. The SMILES string of the molecule is CC(C)(CC(=O)O)NC(=O)NCc1ccc([N+](=O)[O-])cc1. The maximum atomic E-state index is 11.7. The van der Waals surface area contributed by atoms with Crippen molar-refractivity contribution in [1.82, 2.24) is 10.6 Å². The topological polar surface area (TPSA) is 122 Å². The normalized spacial score (nSPS) is 10.8. The number of carboxylic acid groups (broad SMARTS) is 1. The first-order valence-electron chi connectivity index (χ1n) is 6.21. The Bertz CT molecular complexity index is 539. The van der Waals surface area contributed by atoms with Gasteiger partial charge >= 0.3 is 12.0 Å². The summed E-state index contributed by atoms with van der Waals surface area (Å²) >= 11 is 0. The lowest BCUT2D eigenvalue weighted by Gasteiger charge is -2.24. The molecule has 0 unspecified atom stereocenters. The number of amides is 2. The van der Waals surface area contributed by atoms with E-state index in [0.29, 0.717) is 5.56 Å². The van der Waals surface area contributed by atoms with E-state index in [2.05, 4.69) is 10.6 Å².